The summed E-state index contributed by atoms with van der Waals surface area (Å²) >= 11 is 0. The van der Waals surface area contributed by atoms with Gasteiger partial charge in [0.15, 0.2) is 0 Å². The van der Waals surface area contributed by atoms with E-state index < -0.39 is 13.9 Å². The number of carbonyl (C=O) groups excluding carboxylic acids is 1. The molecular formula is C49H97NO7P+. The van der Waals surface area contributed by atoms with Gasteiger partial charge in [0.25, 0.3) is 0 Å². The van der Waals surface area contributed by atoms with E-state index in [1.807, 2.05) is 21.1 Å². The average molecular weight is 843 g/mol. The van der Waals surface area contributed by atoms with Crippen LogP contribution in [-0.4, -0.2) is 75.6 Å². The number of phosphoric ester groups is 1. The van der Waals surface area contributed by atoms with Gasteiger partial charge in [-0.25, -0.2) is 4.57 Å². The van der Waals surface area contributed by atoms with Crippen molar-refractivity contribution in [1.82, 2.24) is 0 Å². The van der Waals surface area contributed by atoms with E-state index >= 15 is 0 Å². The lowest BCUT2D eigenvalue weighted by Gasteiger charge is -2.24. The van der Waals surface area contributed by atoms with Gasteiger partial charge in [0, 0.05) is 13.0 Å². The highest BCUT2D eigenvalue weighted by molar-refractivity contribution is 7.47. The predicted octanol–water partition coefficient (Wildman–Crippen LogP) is 14.8. The van der Waals surface area contributed by atoms with Crippen LogP contribution in [0.1, 0.15) is 226 Å². The minimum atomic E-state index is -4.27. The standard InChI is InChI=1S/C49H96NO7P/c1-6-8-10-12-14-16-18-20-22-24-25-26-27-29-31-33-35-37-39-41-44-54-46-48(47-56-58(52,53)55-45-43-50(3,4)5)57-49(51)42-40-38-36-34-32-30-28-23-21-19-17-15-13-11-9-7-2/h14,16,20,22,48H,6-13,15,17-19,21,23-47H2,1-5H3/p+1/b16-14-,22-20-. The van der Waals surface area contributed by atoms with Crippen molar-refractivity contribution in [2.75, 3.05) is 54.1 Å². The minimum Gasteiger partial charge on any atom is -0.457 e. The van der Waals surface area contributed by atoms with E-state index in [2.05, 4.69) is 38.2 Å². The van der Waals surface area contributed by atoms with Gasteiger partial charge >= 0.3 is 13.8 Å². The van der Waals surface area contributed by atoms with Gasteiger partial charge in [0.05, 0.1) is 34.4 Å². The molecule has 344 valence electrons. The zero-order valence-electron chi connectivity index (χ0n) is 39.0. The molecule has 0 spiro atoms. The second kappa shape index (κ2) is 42.7. The smallest absolute Gasteiger partial charge is 0.457 e. The SMILES string of the molecule is CCCCC/C=C\C/C=C\CCCCCCCCCCCCOCC(COP(=O)(O)OCC[N+](C)(C)C)OC(=O)CCCCCCCCCCCCCCCCCC. The van der Waals surface area contributed by atoms with E-state index in [0.717, 1.165) is 38.5 Å². The van der Waals surface area contributed by atoms with Crippen molar-refractivity contribution in [3.63, 3.8) is 0 Å². The second-order valence-electron chi connectivity index (χ2n) is 17.9. The summed E-state index contributed by atoms with van der Waals surface area (Å²) in [6.45, 7) is 5.63. The summed E-state index contributed by atoms with van der Waals surface area (Å²) in [6.07, 6.45) is 49.2. The van der Waals surface area contributed by atoms with Crippen molar-refractivity contribution in [1.29, 1.82) is 0 Å². The van der Waals surface area contributed by atoms with Crippen molar-refractivity contribution >= 4 is 13.8 Å². The third kappa shape index (κ3) is 46.1. The first kappa shape index (κ1) is 57.0. The number of hydrogen-bond donors (Lipinski definition) is 1. The molecule has 1 N–H and O–H groups in total. The van der Waals surface area contributed by atoms with E-state index in [0.29, 0.717) is 24.1 Å². The molecule has 2 atom stereocenters. The van der Waals surface area contributed by atoms with Crippen molar-refractivity contribution in [3.8, 4) is 0 Å². The second-order valence-corrected chi connectivity index (χ2v) is 19.3. The number of esters is 1. The number of carbonyl (C=O) groups is 1. The molecule has 0 aromatic carbocycles. The molecule has 0 bridgehead atoms. The molecule has 0 radical (unpaired) electrons. The highest BCUT2D eigenvalue weighted by Crippen LogP contribution is 2.43. The van der Waals surface area contributed by atoms with Gasteiger partial charge in [-0.15, -0.1) is 0 Å². The summed E-state index contributed by atoms with van der Waals surface area (Å²) in [5.41, 5.74) is 0. The summed E-state index contributed by atoms with van der Waals surface area (Å²) in [6, 6.07) is 0. The monoisotopic (exact) mass is 843 g/mol. The van der Waals surface area contributed by atoms with Crippen LogP contribution in [0.3, 0.4) is 0 Å². The summed E-state index contributed by atoms with van der Waals surface area (Å²) in [5, 5.41) is 0. The quantitative estimate of drug-likeness (QED) is 0.0215. The van der Waals surface area contributed by atoms with E-state index in [1.165, 1.54) is 167 Å². The first-order chi connectivity index (χ1) is 28.1. The number of quaternary nitrogens is 1. The number of likely N-dealkylation sites (N-methyl/N-ethyl adjacent to an activating group) is 1. The molecule has 0 aromatic rings. The summed E-state index contributed by atoms with van der Waals surface area (Å²) in [7, 11) is 1.68. The zero-order valence-corrected chi connectivity index (χ0v) is 39.9. The van der Waals surface area contributed by atoms with Gasteiger partial charge in [0.1, 0.15) is 19.3 Å². The largest absolute Gasteiger partial charge is 0.472 e. The Hall–Kier alpha value is -1.02. The number of phosphoric acid groups is 1. The average Bonchev–Trinajstić information content (AvgIpc) is 3.18. The maximum Gasteiger partial charge on any atom is 0.472 e. The maximum atomic E-state index is 12.7. The molecule has 0 aromatic heterocycles. The van der Waals surface area contributed by atoms with E-state index in [4.69, 9.17) is 18.5 Å². The number of rotatable bonds is 46. The Morgan fingerprint density at radius 2 is 0.948 bits per heavy atom. The van der Waals surface area contributed by atoms with Gasteiger partial charge in [0.2, 0.25) is 0 Å². The number of allylic oxidation sites excluding steroid dienone is 4. The zero-order chi connectivity index (χ0) is 42.7. The molecule has 0 aliphatic rings. The first-order valence-electron chi connectivity index (χ1n) is 24.6. The summed E-state index contributed by atoms with van der Waals surface area (Å²) in [5.74, 6) is -0.311. The fourth-order valence-corrected chi connectivity index (χ4v) is 7.68. The first-order valence-corrected chi connectivity index (χ1v) is 26.1. The van der Waals surface area contributed by atoms with Crippen LogP contribution in [0.25, 0.3) is 0 Å². The lowest BCUT2D eigenvalue weighted by Crippen LogP contribution is -2.37. The Bertz CT molecular complexity index is 983. The third-order valence-electron chi connectivity index (χ3n) is 10.8. The van der Waals surface area contributed by atoms with Gasteiger partial charge < -0.3 is 18.9 Å². The lowest BCUT2D eigenvalue weighted by atomic mass is 10.0. The topological polar surface area (TPSA) is 91.3 Å². The van der Waals surface area contributed by atoms with Gasteiger partial charge in [-0.1, -0.05) is 199 Å². The van der Waals surface area contributed by atoms with Crippen LogP contribution in [0.4, 0.5) is 0 Å². The van der Waals surface area contributed by atoms with Crippen LogP contribution < -0.4 is 0 Å². The molecule has 0 fully saturated rings. The van der Waals surface area contributed by atoms with Crippen molar-refractivity contribution in [3.05, 3.63) is 24.3 Å². The van der Waals surface area contributed by atoms with E-state index in [1.54, 1.807) is 0 Å². The molecule has 2 unspecified atom stereocenters. The molecular weight excluding hydrogens is 746 g/mol. The van der Waals surface area contributed by atoms with Crippen LogP contribution in [0.2, 0.25) is 0 Å². The molecule has 0 rings (SSSR count). The van der Waals surface area contributed by atoms with Crippen LogP contribution in [0.5, 0.6) is 0 Å². The molecule has 0 aliphatic carbocycles. The maximum absolute atomic E-state index is 12.7. The fourth-order valence-electron chi connectivity index (χ4n) is 6.94. The number of unbranched alkanes of at least 4 members (excludes halogenated alkanes) is 28. The highest BCUT2D eigenvalue weighted by Gasteiger charge is 2.26. The minimum absolute atomic E-state index is 0.0903. The van der Waals surface area contributed by atoms with Gasteiger partial charge in [-0.3, -0.25) is 13.8 Å². The molecule has 0 saturated heterocycles. The van der Waals surface area contributed by atoms with Crippen LogP contribution in [0, 0.1) is 0 Å². The Morgan fingerprint density at radius 3 is 1.43 bits per heavy atom. The van der Waals surface area contributed by atoms with Gasteiger partial charge in [-0.2, -0.15) is 0 Å². The molecule has 58 heavy (non-hydrogen) atoms. The number of ether oxygens (including phenoxy) is 2. The summed E-state index contributed by atoms with van der Waals surface area (Å²) < 4.78 is 35.1. The Morgan fingerprint density at radius 1 is 0.534 bits per heavy atom. The molecule has 0 aliphatic heterocycles. The van der Waals surface area contributed by atoms with Crippen molar-refractivity contribution in [2.45, 2.75) is 232 Å². The Labute approximate surface area is 360 Å². The van der Waals surface area contributed by atoms with Crippen LogP contribution in [-0.2, 0) is 27.9 Å². The van der Waals surface area contributed by atoms with Crippen LogP contribution in [0.15, 0.2) is 24.3 Å². The Balaban J connectivity index is 4.14. The number of nitrogens with zero attached hydrogens (tertiary/aromatic N) is 1. The number of hydrogen-bond acceptors (Lipinski definition) is 6. The lowest BCUT2D eigenvalue weighted by molar-refractivity contribution is -0.870. The normalized spacial score (nSPS) is 13.8. The molecule has 8 nitrogen and oxygen atoms in total. The molecule has 0 amide bonds. The molecule has 0 saturated carbocycles. The van der Waals surface area contributed by atoms with Crippen LogP contribution >= 0.6 is 7.82 Å². The Kier molecular flexibility index (Phi) is 41.9. The van der Waals surface area contributed by atoms with Gasteiger partial charge in [-0.05, 0) is 44.9 Å². The molecule has 0 heterocycles. The summed E-state index contributed by atoms with van der Waals surface area (Å²) in [4.78, 5) is 23.0. The predicted molar refractivity (Wildman–Crippen MR) is 247 cm³/mol. The van der Waals surface area contributed by atoms with E-state index in [-0.39, 0.29) is 25.8 Å². The fraction of sp³-hybridized carbons (Fsp3) is 0.898. The van der Waals surface area contributed by atoms with E-state index in [9.17, 15) is 14.3 Å². The van der Waals surface area contributed by atoms with Crippen molar-refractivity contribution < 1.29 is 37.3 Å². The van der Waals surface area contributed by atoms with Crippen molar-refractivity contribution in [2.24, 2.45) is 0 Å². The molecule has 9 heteroatoms. The third-order valence-corrected chi connectivity index (χ3v) is 11.7. The highest BCUT2D eigenvalue weighted by atomic mass is 31.2.